The molecule has 0 aliphatic carbocycles. The molecular formula is C25H25Cl2N3O5S. The van der Waals surface area contributed by atoms with E-state index >= 15 is 0 Å². The number of piperazine rings is 1. The fourth-order valence-corrected chi connectivity index (χ4v) is 5.35. The summed E-state index contributed by atoms with van der Waals surface area (Å²) >= 11 is 11.9. The van der Waals surface area contributed by atoms with Crippen LogP contribution in [0.5, 0.6) is 11.5 Å². The molecular weight excluding hydrogens is 525 g/mol. The van der Waals surface area contributed by atoms with Gasteiger partial charge in [0.05, 0.1) is 17.7 Å². The molecule has 11 heteroatoms. The van der Waals surface area contributed by atoms with E-state index in [9.17, 15) is 13.2 Å². The van der Waals surface area contributed by atoms with E-state index in [2.05, 4.69) is 9.62 Å². The van der Waals surface area contributed by atoms with Gasteiger partial charge in [-0.3, -0.25) is 9.52 Å². The zero-order valence-corrected chi connectivity index (χ0v) is 21.8. The normalized spacial score (nSPS) is 13.9. The van der Waals surface area contributed by atoms with Crippen LogP contribution in [0.25, 0.3) is 0 Å². The molecule has 3 aromatic carbocycles. The number of ether oxygens (including phenoxy) is 2. The molecule has 0 unspecified atom stereocenters. The summed E-state index contributed by atoms with van der Waals surface area (Å²) in [6, 6.07) is 18.1. The molecule has 190 valence electrons. The number of anilines is 2. The van der Waals surface area contributed by atoms with Gasteiger partial charge in [0.15, 0.2) is 6.61 Å². The predicted octanol–water partition coefficient (Wildman–Crippen LogP) is 4.53. The van der Waals surface area contributed by atoms with Gasteiger partial charge < -0.3 is 19.3 Å². The monoisotopic (exact) mass is 549 g/mol. The molecule has 1 aliphatic heterocycles. The first kappa shape index (κ1) is 25.9. The molecule has 1 heterocycles. The number of carbonyl (C=O) groups is 1. The molecule has 1 amide bonds. The maximum atomic E-state index is 12.7. The lowest BCUT2D eigenvalue weighted by molar-refractivity contribution is -0.133. The lowest BCUT2D eigenvalue weighted by Gasteiger charge is -2.36. The first-order valence-corrected chi connectivity index (χ1v) is 13.4. The van der Waals surface area contributed by atoms with E-state index in [0.717, 1.165) is 24.5 Å². The van der Waals surface area contributed by atoms with Gasteiger partial charge in [-0.15, -0.1) is 0 Å². The number of sulfonamides is 1. The number of nitrogens with zero attached hydrogens (tertiary/aromatic N) is 2. The minimum absolute atomic E-state index is 0.0342. The lowest BCUT2D eigenvalue weighted by Crippen LogP contribution is -2.50. The number of hydrogen-bond donors (Lipinski definition) is 1. The summed E-state index contributed by atoms with van der Waals surface area (Å²) in [6.45, 7) is 2.48. The second-order valence-electron chi connectivity index (χ2n) is 8.09. The Morgan fingerprint density at radius 3 is 2.06 bits per heavy atom. The number of hydrogen-bond acceptors (Lipinski definition) is 6. The van der Waals surface area contributed by atoms with Crippen molar-refractivity contribution in [3.8, 4) is 11.5 Å². The fourth-order valence-electron chi connectivity index (χ4n) is 3.79. The largest absolute Gasteiger partial charge is 0.497 e. The highest BCUT2D eigenvalue weighted by Gasteiger charge is 2.22. The van der Waals surface area contributed by atoms with Crippen LogP contribution in [0.2, 0.25) is 10.0 Å². The SMILES string of the molecule is COc1ccc(N2CCN(C(=O)COc3ccc(S(=O)(=O)Nc4cc(Cl)cc(Cl)c4)cc3)CC2)cc1. The summed E-state index contributed by atoms with van der Waals surface area (Å²) < 4.78 is 38.6. The second-order valence-corrected chi connectivity index (χ2v) is 10.6. The highest BCUT2D eigenvalue weighted by molar-refractivity contribution is 7.92. The third-order valence-electron chi connectivity index (χ3n) is 5.68. The van der Waals surface area contributed by atoms with E-state index in [1.165, 1.54) is 42.5 Å². The Bertz CT molecular complexity index is 1290. The molecule has 0 spiro atoms. The number of benzene rings is 3. The number of methoxy groups -OCH3 is 1. The molecule has 3 aromatic rings. The van der Waals surface area contributed by atoms with Crippen molar-refractivity contribution >= 4 is 50.5 Å². The van der Waals surface area contributed by atoms with Crippen molar-refractivity contribution < 1.29 is 22.7 Å². The van der Waals surface area contributed by atoms with E-state index in [0.29, 0.717) is 28.9 Å². The quantitative estimate of drug-likeness (QED) is 0.444. The summed E-state index contributed by atoms with van der Waals surface area (Å²) in [5.74, 6) is 1.07. The van der Waals surface area contributed by atoms with E-state index in [1.807, 2.05) is 24.3 Å². The molecule has 36 heavy (non-hydrogen) atoms. The lowest BCUT2D eigenvalue weighted by atomic mass is 10.2. The Labute approximate surface area is 220 Å². The van der Waals surface area contributed by atoms with Crippen LogP contribution in [0.3, 0.4) is 0 Å². The standard InChI is InChI=1S/C25H25Cl2N3O5S/c1-34-22-4-2-21(3-5-22)29-10-12-30(13-11-29)25(31)17-35-23-6-8-24(9-7-23)36(32,33)28-20-15-18(26)14-19(27)16-20/h2-9,14-16,28H,10-13,17H2,1H3. The average molecular weight is 550 g/mol. The minimum Gasteiger partial charge on any atom is -0.497 e. The summed E-state index contributed by atoms with van der Waals surface area (Å²) in [5.41, 5.74) is 1.34. The predicted molar refractivity (Wildman–Crippen MR) is 141 cm³/mol. The zero-order chi connectivity index (χ0) is 25.7. The van der Waals surface area contributed by atoms with Crippen LogP contribution in [0.15, 0.2) is 71.6 Å². The summed E-state index contributed by atoms with van der Waals surface area (Å²) in [6.07, 6.45) is 0. The second kappa shape index (κ2) is 11.3. The van der Waals surface area contributed by atoms with Gasteiger partial charge in [0.1, 0.15) is 11.5 Å². The number of halogens is 2. The summed E-state index contributed by atoms with van der Waals surface area (Å²) in [4.78, 5) is 16.6. The maximum absolute atomic E-state index is 12.7. The van der Waals surface area contributed by atoms with Gasteiger partial charge in [0, 0.05) is 41.9 Å². The Balaban J connectivity index is 1.28. The molecule has 8 nitrogen and oxygen atoms in total. The molecule has 4 rings (SSSR count). The Morgan fingerprint density at radius 1 is 0.889 bits per heavy atom. The van der Waals surface area contributed by atoms with Gasteiger partial charge in [0.2, 0.25) is 0 Å². The van der Waals surface area contributed by atoms with Crippen LogP contribution in [0.1, 0.15) is 0 Å². The molecule has 0 aromatic heterocycles. The molecule has 0 radical (unpaired) electrons. The first-order valence-electron chi connectivity index (χ1n) is 11.1. The van der Waals surface area contributed by atoms with Gasteiger partial charge >= 0.3 is 0 Å². The van der Waals surface area contributed by atoms with Gasteiger partial charge in [-0.05, 0) is 66.7 Å². The Kier molecular flexibility index (Phi) is 8.13. The molecule has 1 fully saturated rings. The van der Waals surface area contributed by atoms with Crippen molar-refractivity contribution in [3.63, 3.8) is 0 Å². The zero-order valence-electron chi connectivity index (χ0n) is 19.5. The van der Waals surface area contributed by atoms with Crippen LogP contribution in [-0.4, -0.2) is 59.1 Å². The van der Waals surface area contributed by atoms with Crippen LogP contribution < -0.4 is 19.1 Å². The van der Waals surface area contributed by atoms with E-state index in [-0.39, 0.29) is 23.1 Å². The van der Waals surface area contributed by atoms with Crippen molar-refractivity contribution in [1.82, 2.24) is 4.90 Å². The van der Waals surface area contributed by atoms with Crippen LogP contribution in [0.4, 0.5) is 11.4 Å². The highest BCUT2D eigenvalue weighted by atomic mass is 35.5. The first-order chi connectivity index (χ1) is 17.2. The fraction of sp³-hybridized carbons (Fsp3) is 0.240. The third-order valence-corrected chi connectivity index (χ3v) is 7.51. The molecule has 0 bridgehead atoms. The number of amides is 1. The Hall–Kier alpha value is -3.14. The number of carbonyl (C=O) groups excluding carboxylic acids is 1. The van der Waals surface area contributed by atoms with E-state index in [1.54, 1.807) is 12.0 Å². The smallest absolute Gasteiger partial charge is 0.261 e. The molecule has 1 saturated heterocycles. The summed E-state index contributed by atoms with van der Waals surface area (Å²) in [5, 5.41) is 0.631. The maximum Gasteiger partial charge on any atom is 0.261 e. The van der Waals surface area contributed by atoms with Crippen LogP contribution >= 0.6 is 23.2 Å². The van der Waals surface area contributed by atoms with Gasteiger partial charge in [-0.2, -0.15) is 0 Å². The van der Waals surface area contributed by atoms with Crippen molar-refractivity contribution in [3.05, 3.63) is 76.8 Å². The van der Waals surface area contributed by atoms with Crippen LogP contribution in [-0.2, 0) is 14.8 Å². The van der Waals surface area contributed by atoms with E-state index in [4.69, 9.17) is 32.7 Å². The van der Waals surface area contributed by atoms with Gasteiger partial charge in [0.25, 0.3) is 15.9 Å². The third kappa shape index (κ3) is 6.54. The van der Waals surface area contributed by atoms with E-state index < -0.39 is 10.0 Å². The number of nitrogens with one attached hydrogen (secondary N) is 1. The topological polar surface area (TPSA) is 88.2 Å². The molecule has 0 atom stereocenters. The summed E-state index contributed by atoms with van der Waals surface area (Å²) in [7, 11) is -2.22. The minimum atomic E-state index is -3.85. The van der Waals surface area contributed by atoms with Crippen molar-refractivity contribution in [2.45, 2.75) is 4.90 Å². The Morgan fingerprint density at radius 2 is 1.47 bits per heavy atom. The van der Waals surface area contributed by atoms with Crippen molar-refractivity contribution in [1.29, 1.82) is 0 Å². The highest BCUT2D eigenvalue weighted by Crippen LogP contribution is 2.25. The van der Waals surface area contributed by atoms with Gasteiger partial charge in [-0.1, -0.05) is 23.2 Å². The van der Waals surface area contributed by atoms with Crippen LogP contribution in [0, 0.1) is 0 Å². The van der Waals surface area contributed by atoms with Gasteiger partial charge in [-0.25, -0.2) is 8.42 Å². The van der Waals surface area contributed by atoms with Crippen molar-refractivity contribution in [2.24, 2.45) is 0 Å². The average Bonchev–Trinajstić information content (AvgIpc) is 2.87. The molecule has 1 N–H and O–H groups in total. The molecule has 0 saturated carbocycles. The van der Waals surface area contributed by atoms with Crippen molar-refractivity contribution in [2.75, 3.05) is 49.5 Å². The number of rotatable bonds is 8. The molecule has 1 aliphatic rings.